The van der Waals surface area contributed by atoms with Crippen molar-refractivity contribution in [1.82, 2.24) is 10.2 Å². The van der Waals surface area contributed by atoms with Gasteiger partial charge in [-0.3, -0.25) is 9.59 Å². The molecule has 10 heteroatoms. The van der Waals surface area contributed by atoms with Crippen LogP contribution in [0.25, 0.3) is 11.1 Å². The number of nitrogens with one attached hydrogen (secondary N) is 1. The van der Waals surface area contributed by atoms with Gasteiger partial charge in [0.05, 0.1) is 12.3 Å². The molecule has 2 aromatic carbocycles. The molecule has 1 saturated heterocycles. The summed E-state index contributed by atoms with van der Waals surface area (Å²) in [7, 11) is 0. The number of piperidine rings is 1. The number of alkyl halides is 3. The van der Waals surface area contributed by atoms with E-state index in [1.165, 1.54) is 0 Å². The van der Waals surface area contributed by atoms with Gasteiger partial charge < -0.3 is 20.1 Å². The molecule has 0 bridgehead atoms. The first-order valence-corrected chi connectivity index (χ1v) is 11.3. The van der Waals surface area contributed by atoms with Crippen LogP contribution < -0.4 is 5.32 Å². The number of carbonyl (C=O) groups is 3. The molecule has 2 amide bonds. The molecule has 1 aliphatic carbocycles. The summed E-state index contributed by atoms with van der Waals surface area (Å²) < 4.78 is 46.0. The van der Waals surface area contributed by atoms with Gasteiger partial charge in [0.2, 0.25) is 5.91 Å². The first-order chi connectivity index (χ1) is 16.6. The number of fused-ring (bicyclic) bond motifs is 3. The number of halogens is 3. The quantitative estimate of drug-likeness (QED) is 0.634. The highest BCUT2D eigenvalue weighted by Gasteiger charge is 2.44. The largest absolute Gasteiger partial charge is 0.481 e. The van der Waals surface area contributed by atoms with Crippen LogP contribution in [0, 0.1) is 5.92 Å². The third-order valence-corrected chi connectivity index (χ3v) is 6.53. The Labute approximate surface area is 199 Å². The fourth-order valence-corrected chi connectivity index (χ4v) is 4.74. The van der Waals surface area contributed by atoms with Gasteiger partial charge in [-0.1, -0.05) is 48.5 Å². The lowest BCUT2D eigenvalue weighted by Crippen LogP contribution is -2.50. The van der Waals surface area contributed by atoms with Gasteiger partial charge in [0.1, 0.15) is 12.6 Å². The topological polar surface area (TPSA) is 95.9 Å². The van der Waals surface area contributed by atoms with E-state index in [0.29, 0.717) is 12.8 Å². The van der Waals surface area contributed by atoms with Crippen molar-refractivity contribution in [3.05, 3.63) is 59.7 Å². The van der Waals surface area contributed by atoms with E-state index < -0.39 is 42.5 Å². The smallest absolute Gasteiger partial charge is 0.409 e. The predicted molar refractivity (Wildman–Crippen MR) is 120 cm³/mol. The van der Waals surface area contributed by atoms with Gasteiger partial charge >= 0.3 is 18.2 Å². The van der Waals surface area contributed by atoms with Gasteiger partial charge in [-0.05, 0) is 35.1 Å². The van der Waals surface area contributed by atoms with Crippen LogP contribution in [-0.2, 0) is 14.3 Å². The Kier molecular flexibility index (Phi) is 7.00. The van der Waals surface area contributed by atoms with Crippen molar-refractivity contribution in [3.8, 4) is 11.1 Å². The zero-order valence-corrected chi connectivity index (χ0v) is 18.8. The van der Waals surface area contributed by atoms with E-state index in [2.05, 4.69) is 0 Å². The Morgan fingerprint density at radius 3 is 2.23 bits per heavy atom. The van der Waals surface area contributed by atoms with E-state index >= 15 is 0 Å². The molecule has 2 atom stereocenters. The van der Waals surface area contributed by atoms with Gasteiger partial charge in [-0.2, -0.15) is 13.2 Å². The monoisotopic (exact) mass is 490 g/mol. The molecule has 0 saturated carbocycles. The number of hydrogen-bond donors (Lipinski definition) is 2. The van der Waals surface area contributed by atoms with E-state index in [9.17, 15) is 27.6 Å². The van der Waals surface area contributed by atoms with Crippen LogP contribution in [0.15, 0.2) is 48.5 Å². The van der Waals surface area contributed by atoms with E-state index in [0.717, 1.165) is 27.2 Å². The number of nitrogens with zero attached hydrogens (tertiary/aromatic N) is 1. The summed E-state index contributed by atoms with van der Waals surface area (Å²) >= 11 is 0. The molecule has 1 heterocycles. The highest BCUT2D eigenvalue weighted by atomic mass is 19.4. The Balaban J connectivity index is 1.39. The number of ether oxygens (including phenoxy) is 1. The van der Waals surface area contributed by atoms with E-state index in [1.54, 1.807) is 5.32 Å². The minimum Gasteiger partial charge on any atom is -0.481 e. The lowest BCUT2D eigenvalue weighted by Gasteiger charge is -2.32. The van der Waals surface area contributed by atoms with Crippen LogP contribution in [-0.4, -0.2) is 59.9 Å². The van der Waals surface area contributed by atoms with Crippen molar-refractivity contribution in [1.29, 1.82) is 0 Å². The van der Waals surface area contributed by atoms with Crippen molar-refractivity contribution >= 4 is 18.0 Å². The van der Waals surface area contributed by atoms with E-state index in [4.69, 9.17) is 9.84 Å². The number of rotatable bonds is 6. The number of alkyl carbamates (subject to hydrolysis) is 1. The van der Waals surface area contributed by atoms with Crippen LogP contribution in [0.3, 0.4) is 0 Å². The molecule has 1 unspecified atom stereocenters. The Bertz CT molecular complexity index is 1070. The molecule has 0 radical (unpaired) electrons. The molecular formula is C25H25F3N2O5. The number of likely N-dealkylation sites (tertiary alicyclic amines) is 1. The van der Waals surface area contributed by atoms with Crippen molar-refractivity contribution in [2.45, 2.75) is 37.4 Å². The fourth-order valence-electron chi connectivity index (χ4n) is 4.74. The summed E-state index contributed by atoms with van der Waals surface area (Å²) in [4.78, 5) is 37.1. The third kappa shape index (κ3) is 5.41. The molecule has 0 aromatic heterocycles. The summed E-state index contributed by atoms with van der Waals surface area (Å²) in [5.41, 5.74) is 3.80. The Hall–Kier alpha value is -3.56. The molecule has 2 aliphatic rings. The molecular weight excluding hydrogens is 465 g/mol. The lowest BCUT2D eigenvalue weighted by molar-refractivity contribution is -0.164. The molecule has 186 valence electrons. The number of carbonyl (C=O) groups excluding carboxylic acids is 2. The average Bonchev–Trinajstić information content (AvgIpc) is 3.15. The normalized spacial score (nSPS) is 18.4. The predicted octanol–water partition coefficient (Wildman–Crippen LogP) is 4.17. The van der Waals surface area contributed by atoms with Gasteiger partial charge in [0.15, 0.2) is 0 Å². The van der Waals surface area contributed by atoms with Crippen molar-refractivity contribution in [2.24, 2.45) is 5.92 Å². The van der Waals surface area contributed by atoms with Gasteiger partial charge in [0, 0.05) is 19.0 Å². The molecule has 1 fully saturated rings. The second kappa shape index (κ2) is 9.97. The summed E-state index contributed by atoms with van der Waals surface area (Å²) in [6.07, 6.45) is -6.44. The van der Waals surface area contributed by atoms with Crippen LogP contribution >= 0.6 is 0 Å². The van der Waals surface area contributed by atoms with Crippen molar-refractivity contribution < 1.29 is 37.4 Å². The zero-order valence-electron chi connectivity index (χ0n) is 18.8. The fraction of sp³-hybridized carbons (Fsp3) is 0.400. The van der Waals surface area contributed by atoms with Gasteiger partial charge in [-0.15, -0.1) is 0 Å². The summed E-state index contributed by atoms with van der Waals surface area (Å²) in [6, 6.07) is 12.7. The molecule has 4 rings (SSSR count). The average molecular weight is 490 g/mol. The van der Waals surface area contributed by atoms with Crippen LogP contribution in [0.2, 0.25) is 0 Å². The standard InChI is InChI=1S/C25H25F3N2O5/c26-25(27,28)21(12-22(31)30-11-5-6-15(13-30)23(32)33)29-24(34)35-14-20-18-9-3-1-7-16(18)17-8-2-4-10-19(17)20/h1-4,7-10,15,20-21H,5-6,11-14H2,(H,29,34)(H,32,33)/t15-,21?/m0/s1. The maximum absolute atomic E-state index is 13.6. The maximum Gasteiger partial charge on any atom is 0.409 e. The van der Waals surface area contributed by atoms with Crippen molar-refractivity contribution in [2.75, 3.05) is 19.7 Å². The minimum atomic E-state index is -4.89. The number of amides is 2. The lowest BCUT2D eigenvalue weighted by atomic mass is 9.97. The highest BCUT2D eigenvalue weighted by molar-refractivity contribution is 5.80. The number of carboxylic acids is 1. The zero-order chi connectivity index (χ0) is 25.2. The van der Waals surface area contributed by atoms with Crippen LogP contribution in [0.1, 0.15) is 36.3 Å². The molecule has 7 nitrogen and oxygen atoms in total. The number of aliphatic carboxylic acids is 1. The molecule has 0 spiro atoms. The summed E-state index contributed by atoms with van der Waals surface area (Å²) in [5.74, 6) is -3.09. The number of carboxylic acid groups (broad SMARTS) is 1. The molecule has 2 aromatic rings. The van der Waals surface area contributed by atoms with Crippen molar-refractivity contribution in [3.63, 3.8) is 0 Å². The number of benzene rings is 2. The molecule has 2 N–H and O–H groups in total. The van der Waals surface area contributed by atoms with E-state index in [1.807, 2.05) is 48.5 Å². The minimum absolute atomic E-state index is 0.149. The second-order valence-electron chi connectivity index (χ2n) is 8.79. The first kappa shape index (κ1) is 24.6. The Morgan fingerprint density at radius 1 is 1.06 bits per heavy atom. The highest BCUT2D eigenvalue weighted by Crippen LogP contribution is 2.44. The number of hydrogen-bond acceptors (Lipinski definition) is 4. The SMILES string of the molecule is O=C(NC(CC(=O)N1CCC[C@H](C(=O)O)C1)C(F)(F)F)OCC1c2ccccc2-c2ccccc21. The Morgan fingerprint density at radius 2 is 1.66 bits per heavy atom. The second-order valence-corrected chi connectivity index (χ2v) is 8.79. The van der Waals surface area contributed by atoms with E-state index in [-0.39, 0.29) is 25.6 Å². The van der Waals surface area contributed by atoms with Crippen LogP contribution in [0.4, 0.5) is 18.0 Å². The summed E-state index contributed by atoms with van der Waals surface area (Å²) in [6.45, 7) is -0.132. The first-order valence-electron chi connectivity index (χ1n) is 11.3. The molecule has 35 heavy (non-hydrogen) atoms. The van der Waals surface area contributed by atoms with Gasteiger partial charge in [-0.25, -0.2) is 4.79 Å². The molecule has 1 aliphatic heterocycles. The van der Waals surface area contributed by atoms with Crippen LogP contribution in [0.5, 0.6) is 0 Å². The van der Waals surface area contributed by atoms with Gasteiger partial charge in [0.25, 0.3) is 0 Å². The summed E-state index contributed by atoms with van der Waals surface area (Å²) in [5, 5.41) is 10.9. The maximum atomic E-state index is 13.6. The third-order valence-electron chi connectivity index (χ3n) is 6.53.